The van der Waals surface area contributed by atoms with Gasteiger partial charge in [0.05, 0.1) is 23.6 Å². The van der Waals surface area contributed by atoms with Crippen LogP contribution in [0.15, 0.2) is 35.5 Å². The molecule has 1 aliphatic rings. The van der Waals surface area contributed by atoms with E-state index in [-0.39, 0.29) is 6.04 Å². The number of nitrogens with zero attached hydrogens (tertiary/aromatic N) is 5. The first-order chi connectivity index (χ1) is 15.1. The summed E-state index contributed by atoms with van der Waals surface area (Å²) in [4.78, 5) is 33.8. The Kier molecular flexibility index (Phi) is 5.80. The van der Waals surface area contributed by atoms with Crippen molar-refractivity contribution in [1.82, 2.24) is 18.8 Å². The Hall–Kier alpha value is -3.15. The molecule has 12 heteroatoms. The number of amides is 2. The van der Waals surface area contributed by atoms with E-state index in [1.165, 1.54) is 23.5 Å². The molecule has 4 heterocycles. The number of urea groups is 1. The molecule has 8 nitrogen and oxygen atoms in total. The number of anilines is 2. The number of pyridine rings is 2. The lowest BCUT2D eigenvalue weighted by molar-refractivity contribution is -0.138. The number of hydrogen-bond donors (Lipinski definition) is 1. The molecule has 1 fully saturated rings. The van der Waals surface area contributed by atoms with Gasteiger partial charge in [0.1, 0.15) is 10.5 Å². The smallest absolute Gasteiger partial charge is 0.370 e. The predicted octanol–water partition coefficient (Wildman–Crippen LogP) is 3.54. The van der Waals surface area contributed by atoms with Crippen LogP contribution in [0.25, 0.3) is 10.2 Å². The summed E-state index contributed by atoms with van der Waals surface area (Å²) in [6.07, 6.45) is 1.01. The number of halogens is 3. The summed E-state index contributed by atoms with van der Waals surface area (Å²) in [5.41, 5.74) is -1.13. The number of carbonyl (C=O) groups excluding carboxylic acids is 1. The van der Waals surface area contributed by atoms with Crippen molar-refractivity contribution in [3.63, 3.8) is 0 Å². The van der Waals surface area contributed by atoms with Crippen molar-refractivity contribution in [2.75, 3.05) is 30.4 Å². The summed E-state index contributed by atoms with van der Waals surface area (Å²) < 4.78 is 44.1. The Morgan fingerprint density at radius 1 is 1.25 bits per heavy atom. The number of hydrogen-bond acceptors (Lipinski definition) is 6. The first kappa shape index (κ1) is 22.1. The average molecular weight is 466 g/mol. The number of aromatic nitrogens is 3. The summed E-state index contributed by atoms with van der Waals surface area (Å²) in [5, 5.41) is 3.33. The van der Waals surface area contributed by atoms with E-state index in [0.29, 0.717) is 38.2 Å². The minimum Gasteiger partial charge on any atom is -0.370 e. The molecule has 170 valence electrons. The van der Waals surface area contributed by atoms with Crippen LogP contribution in [-0.4, -0.2) is 51.0 Å². The van der Waals surface area contributed by atoms with Gasteiger partial charge in [-0.15, -0.1) is 0 Å². The van der Waals surface area contributed by atoms with E-state index in [1.807, 2.05) is 6.07 Å². The largest absolute Gasteiger partial charge is 0.417 e. The van der Waals surface area contributed by atoms with Crippen LogP contribution in [0, 0.1) is 0 Å². The third-order valence-corrected chi connectivity index (χ3v) is 6.37. The Morgan fingerprint density at radius 2 is 1.97 bits per heavy atom. The second-order valence-electron chi connectivity index (χ2n) is 7.73. The van der Waals surface area contributed by atoms with E-state index in [2.05, 4.69) is 19.6 Å². The van der Waals surface area contributed by atoms with E-state index in [4.69, 9.17) is 0 Å². The van der Waals surface area contributed by atoms with Gasteiger partial charge in [-0.1, -0.05) is 0 Å². The molecule has 4 rings (SSSR count). The van der Waals surface area contributed by atoms with Crippen molar-refractivity contribution >= 4 is 39.2 Å². The molecular formula is C20H21F3N6O2S. The summed E-state index contributed by atoms with van der Waals surface area (Å²) in [6, 6.07) is 1.97. The maximum Gasteiger partial charge on any atom is 0.417 e. The van der Waals surface area contributed by atoms with Gasteiger partial charge in [0, 0.05) is 44.8 Å². The highest BCUT2D eigenvalue weighted by molar-refractivity contribution is 7.12. The topological polar surface area (TPSA) is 83.4 Å². The zero-order valence-corrected chi connectivity index (χ0v) is 18.2. The van der Waals surface area contributed by atoms with Gasteiger partial charge in [-0.05, 0) is 36.5 Å². The fourth-order valence-corrected chi connectivity index (χ4v) is 4.35. The maximum atomic E-state index is 13.1. The minimum atomic E-state index is -4.62. The second-order valence-corrected chi connectivity index (χ2v) is 8.51. The molecule has 3 aromatic rings. The quantitative estimate of drug-likeness (QED) is 0.639. The first-order valence-corrected chi connectivity index (χ1v) is 10.7. The van der Waals surface area contributed by atoms with Crippen molar-refractivity contribution in [2.24, 2.45) is 7.05 Å². The number of rotatable bonds is 3. The summed E-state index contributed by atoms with van der Waals surface area (Å²) >= 11 is 1.34. The second kappa shape index (κ2) is 8.41. The van der Waals surface area contributed by atoms with Gasteiger partial charge in [0.25, 0.3) is 5.56 Å². The Labute approximate surface area is 185 Å². The van der Waals surface area contributed by atoms with Gasteiger partial charge >= 0.3 is 12.2 Å². The molecule has 0 unspecified atom stereocenters. The summed E-state index contributed by atoms with van der Waals surface area (Å²) in [6.45, 7) is 1.39. The molecule has 0 saturated carbocycles. The Morgan fingerprint density at radius 3 is 2.66 bits per heavy atom. The van der Waals surface area contributed by atoms with Gasteiger partial charge in [-0.3, -0.25) is 4.79 Å². The van der Waals surface area contributed by atoms with Crippen molar-refractivity contribution in [3.8, 4) is 0 Å². The van der Waals surface area contributed by atoms with E-state index < -0.39 is 29.0 Å². The first-order valence-electron chi connectivity index (χ1n) is 9.90. The Balaban J connectivity index is 1.41. The van der Waals surface area contributed by atoms with Crippen LogP contribution >= 0.6 is 11.5 Å². The van der Waals surface area contributed by atoms with Gasteiger partial charge in [0.15, 0.2) is 0 Å². The highest BCUT2D eigenvalue weighted by atomic mass is 32.1. The van der Waals surface area contributed by atoms with Crippen molar-refractivity contribution in [1.29, 1.82) is 0 Å². The molecule has 0 spiro atoms. The van der Waals surface area contributed by atoms with E-state index in [9.17, 15) is 22.8 Å². The van der Waals surface area contributed by atoms with Crippen molar-refractivity contribution in [3.05, 3.63) is 46.6 Å². The van der Waals surface area contributed by atoms with Crippen LogP contribution in [0.5, 0.6) is 0 Å². The monoisotopic (exact) mass is 466 g/mol. The molecule has 1 aliphatic heterocycles. The van der Waals surface area contributed by atoms with Crippen LogP contribution < -0.4 is 15.8 Å². The molecule has 32 heavy (non-hydrogen) atoms. The van der Waals surface area contributed by atoms with Gasteiger partial charge in [-0.25, -0.2) is 9.78 Å². The van der Waals surface area contributed by atoms with Gasteiger partial charge in [0.2, 0.25) is 0 Å². The lowest BCUT2D eigenvalue weighted by Crippen LogP contribution is -2.47. The third-order valence-electron chi connectivity index (χ3n) is 5.65. The normalized spacial score (nSPS) is 15.2. The molecule has 0 atom stereocenters. The zero-order valence-electron chi connectivity index (χ0n) is 17.4. The predicted molar refractivity (Wildman–Crippen MR) is 116 cm³/mol. The molecule has 0 bridgehead atoms. The van der Waals surface area contributed by atoms with E-state index in [0.717, 1.165) is 20.5 Å². The molecule has 0 radical (unpaired) electrons. The third kappa shape index (κ3) is 4.40. The van der Waals surface area contributed by atoms with Crippen LogP contribution in [-0.2, 0) is 13.2 Å². The van der Waals surface area contributed by atoms with Crippen LogP contribution in [0.2, 0.25) is 0 Å². The number of aryl methyl sites for hydroxylation is 1. The summed E-state index contributed by atoms with van der Waals surface area (Å²) in [5.74, 6) is 0. The lowest BCUT2D eigenvalue weighted by Gasteiger charge is -2.37. The Bertz CT molecular complexity index is 1200. The summed E-state index contributed by atoms with van der Waals surface area (Å²) in [7, 11) is 2.80. The number of piperidine rings is 1. The number of nitrogens with one attached hydrogen (secondary N) is 1. The van der Waals surface area contributed by atoms with Crippen molar-refractivity contribution < 1.29 is 18.0 Å². The van der Waals surface area contributed by atoms with E-state index in [1.54, 1.807) is 19.4 Å². The molecule has 3 aromatic heterocycles. The highest BCUT2D eigenvalue weighted by Crippen LogP contribution is 2.30. The molecular weight excluding hydrogens is 445 g/mol. The lowest BCUT2D eigenvalue weighted by atomic mass is 10.0. The number of carbonyl (C=O) groups is 1. The molecule has 0 aliphatic carbocycles. The fourth-order valence-electron chi connectivity index (χ4n) is 3.77. The zero-order chi connectivity index (χ0) is 23.0. The molecule has 2 amide bonds. The van der Waals surface area contributed by atoms with Crippen LogP contribution in [0.1, 0.15) is 18.4 Å². The number of alkyl halides is 3. The molecule has 0 aromatic carbocycles. The average Bonchev–Trinajstić information content (AvgIpc) is 3.23. The van der Waals surface area contributed by atoms with Crippen molar-refractivity contribution in [2.45, 2.75) is 25.1 Å². The minimum absolute atomic E-state index is 0.111. The number of fused-ring (bicyclic) bond motifs is 1. The van der Waals surface area contributed by atoms with Gasteiger partial charge < -0.3 is 19.7 Å². The standard InChI is InChI=1S/C20H21F3N6O2S/c1-27-11-13(20(21,22)23)8-16(18(27)30)26-19(31)28(2)14-3-5-29(6-4-14)15-7-12-9-25-32-17(12)24-10-15/h7-11,14H,3-6H2,1-2H3,(H,26,31). The highest BCUT2D eigenvalue weighted by Gasteiger charge is 2.32. The SMILES string of the molecule is CN(C(=O)Nc1cc(C(F)(F)F)cn(C)c1=O)C1CCN(c2cnc3sncc3c2)CC1. The maximum absolute atomic E-state index is 13.1. The van der Waals surface area contributed by atoms with Crippen LogP contribution in [0.4, 0.5) is 29.3 Å². The van der Waals surface area contributed by atoms with Gasteiger partial charge in [-0.2, -0.15) is 17.5 Å². The fraction of sp³-hybridized carbons (Fsp3) is 0.400. The van der Waals surface area contributed by atoms with Crippen LogP contribution in [0.3, 0.4) is 0 Å². The van der Waals surface area contributed by atoms with E-state index >= 15 is 0 Å². The molecule has 1 saturated heterocycles. The molecule has 1 N–H and O–H groups in total.